The van der Waals surface area contributed by atoms with E-state index in [0.29, 0.717) is 19.6 Å². The maximum absolute atomic E-state index is 13.4. The molecule has 0 radical (unpaired) electrons. The van der Waals surface area contributed by atoms with E-state index in [0.717, 1.165) is 32.9 Å². The molecule has 0 bridgehead atoms. The van der Waals surface area contributed by atoms with E-state index in [9.17, 15) is 9.59 Å². The van der Waals surface area contributed by atoms with E-state index >= 15 is 0 Å². The van der Waals surface area contributed by atoms with Gasteiger partial charge in [0.25, 0.3) is 5.91 Å². The van der Waals surface area contributed by atoms with Gasteiger partial charge in [0.2, 0.25) is 0 Å². The van der Waals surface area contributed by atoms with Crippen molar-refractivity contribution in [2.75, 3.05) is 6.61 Å². The third-order valence-electron chi connectivity index (χ3n) is 5.61. The Kier molecular flexibility index (Phi) is 6.20. The molecule has 0 saturated heterocycles. The average molecular weight is 436 g/mol. The Morgan fingerprint density at radius 3 is 2.52 bits per heavy atom. The highest BCUT2D eigenvalue weighted by atomic mass is 32.1. The van der Waals surface area contributed by atoms with Gasteiger partial charge in [-0.05, 0) is 49.1 Å². The fraction of sp³-hybridized carbons (Fsp3) is 0.280. The van der Waals surface area contributed by atoms with Crippen molar-refractivity contribution in [3.05, 3.63) is 91.7 Å². The summed E-state index contributed by atoms with van der Waals surface area (Å²) in [5, 5.41) is 12.2. The minimum absolute atomic E-state index is 0.0867. The van der Waals surface area contributed by atoms with Gasteiger partial charge >= 0.3 is 5.97 Å². The molecule has 1 aliphatic heterocycles. The number of nitrogens with one attached hydrogen (secondary N) is 1. The fourth-order valence-electron chi connectivity index (χ4n) is 3.84. The lowest BCUT2D eigenvalue weighted by Crippen LogP contribution is -2.28. The highest BCUT2D eigenvalue weighted by Crippen LogP contribution is 2.34. The molecular weight excluding hydrogens is 410 g/mol. The first-order chi connectivity index (χ1) is 14.9. The molecule has 2 N–H and O–H groups in total. The molecule has 0 fully saturated rings. The lowest BCUT2D eigenvalue weighted by atomic mass is 9.99. The first-order valence-corrected chi connectivity index (χ1v) is 11.1. The van der Waals surface area contributed by atoms with Gasteiger partial charge in [0, 0.05) is 16.2 Å². The summed E-state index contributed by atoms with van der Waals surface area (Å²) in [6.07, 6.45) is 1.45. The van der Waals surface area contributed by atoms with Crippen LogP contribution in [0, 0.1) is 6.92 Å². The molecule has 1 aliphatic rings. The second-order valence-corrected chi connectivity index (χ2v) is 9.08. The minimum atomic E-state index is -0.962. The van der Waals surface area contributed by atoms with Gasteiger partial charge in [-0.3, -0.25) is 4.79 Å². The first kappa shape index (κ1) is 21.3. The molecule has 4 rings (SSSR count). The molecule has 5 nitrogen and oxygen atoms in total. The van der Waals surface area contributed by atoms with Crippen LogP contribution >= 0.6 is 11.3 Å². The van der Waals surface area contributed by atoms with Gasteiger partial charge in [-0.2, -0.15) is 0 Å². The minimum Gasteiger partial charge on any atom is -0.478 e. The van der Waals surface area contributed by atoms with E-state index in [4.69, 9.17) is 9.84 Å². The van der Waals surface area contributed by atoms with Crippen molar-refractivity contribution >= 4 is 23.2 Å². The molecule has 0 aliphatic carbocycles. The molecule has 2 aromatic carbocycles. The van der Waals surface area contributed by atoms with E-state index < -0.39 is 5.97 Å². The third-order valence-corrected chi connectivity index (χ3v) is 6.82. The van der Waals surface area contributed by atoms with Crippen LogP contribution in [0.3, 0.4) is 0 Å². The predicted molar refractivity (Wildman–Crippen MR) is 121 cm³/mol. The number of hydrogen-bond acceptors (Lipinski definition) is 4. The molecule has 160 valence electrons. The van der Waals surface area contributed by atoms with Gasteiger partial charge in [0.1, 0.15) is 0 Å². The zero-order valence-corrected chi connectivity index (χ0v) is 18.4. The van der Waals surface area contributed by atoms with Gasteiger partial charge in [-0.15, -0.1) is 11.3 Å². The Labute approximate surface area is 185 Å². The van der Waals surface area contributed by atoms with Crippen molar-refractivity contribution in [3.8, 4) is 0 Å². The van der Waals surface area contributed by atoms with Crippen LogP contribution in [0.2, 0.25) is 0 Å². The van der Waals surface area contributed by atoms with Crippen molar-refractivity contribution in [1.82, 2.24) is 5.32 Å². The van der Waals surface area contributed by atoms with E-state index in [1.165, 1.54) is 11.1 Å². The van der Waals surface area contributed by atoms with E-state index in [1.54, 1.807) is 35.6 Å². The zero-order chi connectivity index (χ0) is 22.0. The molecule has 1 aromatic heterocycles. The topological polar surface area (TPSA) is 75.6 Å². The molecule has 1 unspecified atom stereocenters. The van der Waals surface area contributed by atoms with Crippen molar-refractivity contribution in [3.63, 3.8) is 0 Å². The molecule has 3 aromatic rings. The number of rotatable bonds is 6. The van der Waals surface area contributed by atoms with Crippen LogP contribution < -0.4 is 5.32 Å². The van der Waals surface area contributed by atoms with Gasteiger partial charge in [-0.25, -0.2) is 4.79 Å². The lowest BCUT2D eigenvalue weighted by molar-refractivity contribution is 0.0696. The summed E-state index contributed by atoms with van der Waals surface area (Å²) in [4.78, 5) is 26.6. The van der Waals surface area contributed by atoms with Crippen LogP contribution in [0.15, 0.2) is 48.5 Å². The summed E-state index contributed by atoms with van der Waals surface area (Å²) in [5.41, 5.74) is 5.36. The zero-order valence-electron chi connectivity index (χ0n) is 17.6. The smallest absolute Gasteiger partial charge is 0.335 e. The van der Waals surface area contributed by atoms with Crippen LogP contribution in [-0.2, 0) is 24.2 Å². The number of thiophene rings is 1. The number of carboxylic acids is 1. The highest BCUT2D eigenvalue weighted by Gasteiger charge is 2.26. The number of carboxylic acid groups (broad SMARTS) is 1. The number of ether oxygens (including phenoxy) is 1. The summed E-state index contributed by atoms with van der Waals surface area (Å²) < 4.78 is 5.62. The standard InChI is InChI=1S/C25H25NO4S/c1-15-3-5-17(6-4-15)13-21-23(20-11-12-30-14-22(20)31-21)24(27)26-16(2)18-7-9-19(10-8-18)25(28)29/h3-10,16H,11-14H2,1-2H3,(H,26,27)(H,28,29). The van der Waals surface area contributed by atoms with E-state index in [-0.39, 0.29) is 17.5 Å². The van der Waals surface area contributed by atoms with Crippen LogP contribution in [0.5, 0.6) is 0 Å². The molecular formula is C25H25NO4S. The Balaban J connectivity index is 1.59. The average Bonchev–Trinajstić information content (AvgIpc) is 3.13. The normalized spacial score (nSPS) is 14.0. The molecule has 2 heterocycles. The molecule has 31 heavy (non-hydrogen) atoms. The Morgan fingerprint density at radius 2 is 1.84 bits per heavy atom. The molecule has 6 heteroatoms. The number of aromatic carboxylic acids is 1. The van der Waals surface area contributed by atoms with Crippen molar-refractivity contribution < 1.29 is 19.4 Å². The van der Waals surface area contributed by atoms with Crippen LogP contribution in [0.4, 0.5) is 0 Å². The molecule has 1 atom stereocenters. The number of carbonyl (C=O) groups is 2. The monoisotopic (exact) mass is 435 g/mol. The van der Waals surface area contributed by atoms with Gasteiger partial charge in [0.15, 0.2) is 0 Å². The number of hydrogen-bond donors (Lipinski definition) is 2. The SMILES string of the molecule is Cc1ccc(Cc2sc3c(c2C(=O)NC(C)c2ccc(C(=O)O)cc2)CCOC3)cc1. The second kappa shape index (κ2) is 9.04. The molecule has 0 saturated carbocycles. The summed E-state index contributed by atoms with van der Waals surface area (Å²) in [6.45, 7) is 5.16. The third kappa shape index (κ3) is 4.70. The maximum atomic E-state index is 13.4. The van der Waals surface area contributed by atoms with Crippen molar-refractivity contribution in [1.29, 1.82) is 0 Å². The maximum Gasteiger partial charge on any atom is 0.335 e. The summed E-state index contributed by atoms with van der Waals surface area (Å²) in [6, 6.07) is 14.8. The number of aryl methyl sites for hydroxylation is 1. The molecule has 1 amide bonds. The van der Waals surface area contributed by atoms with Crippen LogP contribution in [0.25, 0.3) is 0 Å². The van der Waals surface area contributed by atoms with Gasteiger partial charge < -0.3 is 15.2 Å². The number of fused-ring (bicyclic) bond motifs is 1. The summed E-state index contributed by atoms with van der Waals surface area (Å²) >= 11 is 1.67. The van der Waals surface area contributed by atoms with Crippen molar-refractivity contribution in [2.45, 2.75) is 39.3 Å². The predicted octanol–water partition coefficient (Wildman–Crippen LogP) is 4.91. The Bertz CT molecular complexity index is 1100. The summed E-state index contributed by atoms with van der Waals surface area (Å²) in [7, 11) is 0. The highest BCUT2D eigenvalue weighted by molar-refractivity contribution is 7.12. The largest absolute Gasteiger partial charge is 0.478 e. The van der Waals surface area contributed by atoms with Crippen LogP contribution in [-0.4, -0.2) is 23.6 Å². The first-order valence-electron chi connectivity index (χ1n) is 10.3. The number of carbonyl (C=O) groups excluding carboxylic acids is 1. The lowest BCUT2D eigenvalue weighted by Gasteiger charge is -2.17. The Morgan fingerprint density at radius 1 is 1.13 bits per heavy atom. The fourth-order valence-corrected chi connectivity index (χ4v) is 5.16. The van der Waals surface area contributed by atoms with E-state index in [1.807, 2.05) is 6.92 Å². The van der Waals surface area contributed by atoms with E-state index in [2.05, 4.69) is 36.5 Å². The van der Waals surface area contributed by atoms with Crippen LogP contribution in [0.1, 0.15) is 65.7 Å². The quantitative estimate of drug-likeness (QED) is 0.577. The van der Waals surface area contributed by atoms with Gasteiger partial charge in [-0.1, -0.05) is 42.0 Å². The second-order valence-electron chi connectivity index (χ2n) is 7.89. The van der Waals surface area contributed by atoms with Crippen molar-refractivity contribution in [2.24, 2.45) is 0 Å². The Hall–Kier alpha value is -2.96. The molecule has 0 spiro atoms. The van der Waals surface area contributed by atoms with Gasteiger partial charge in [0.05, 0.1) is 30.4 Å². The number of amides is 1. The number of benzene rings is 2. The summed E-state index contributed by atoms with van der Waals surface area (Å²) in [5.74, 6) is -1.05.